The van der Waals surface area contributed by atoms with Gasteiger partial charge in [0.15, 0.2) is 0 Å². The van der Waals surface area contributed by atoms with E-state index in [1.165, 1.54) is 32.4 Å². The Labute approximate surface area is 164 Å². The fourth-order valence-corrected chi connectivity index (χ4v) is 3.07. The lowest BCUT2D eigenvalue weighted by Gasteiger charge is -2.26. The number of rotatable bonds is 10. The van der Waals surface area contributed by atoms with Crippen molar-refractivity contribution in [2.24, 2.45) is 5.92 Å². The average Bonchev–Trinajstić information content (AvgIpc) is 2.65. The maximum Gasteiger partial charge on any atom is 0.0758 e. The van der Waals surface area contributed by atoms with E-state index in [2.05, 4.69) is 42.5 Å². The Balaban J connectivity index is 1.76. The molecule has 0 unspecified atom stereocenters. The number of benzene rings is 1. The molecule has 3 nitrogen and oxygen atoms in total. The molecule has 0 aromatic heterocycles. The number of allylic oxidation sites excluding steroid dienone is 2. The number of hydroxylamine groups is 1. The van der Waals surface area contributed by atoms with Crippen molar-refractivity contribution in [2.45, 2.75) is 46.0 Å². The van der Waals surface area contributed by atoms with Crippen molar-refractivity contribution < 1.29 is 4.84 Å². The lowest BCUT2D eigenvalue weighted by Crippen LogP contribution is -2.31. The highest BCUT2D eigenvalue weighted by molar-refractivity contribution is 6.30. The standard InChI is InChI=1S/C22H33ClN2O/c1-19(2)7-13-22(14-10-20-8-11-21(23)12-9-20)24-26-18-6-17-25-15-4-3-5-16-25/h8-14,19,24H,3-7,15-18H2,1-2H3. The third-order valence-electron chi connectivity index (χ3n) is 4.49. The summed E-state index contributed by atoms with van der Waals surface area (Å²) in [5.74, 6) is 0.620. The molecule has 1 aliphatic heterocycles. The molecule has 1 aromatic rings. The van der Waals surface area contributed by atoms with Crippen molar-refractivity contribution in [2.75, 3.05) is 26.2 Å². The van der Waals surface area contributed by atoms with Gasteiger partial charge < -0.3 is 4.90 Å². The van der Waals surface area contributed by atoms with E-state index in [9.17, 15) is 0 Å². The van der Waals surface area contributed by atoms with E-state index in [1.54, 1.807) is 0 Å². The minimum absolute atomic E-state index is 0.620. The number of nitrogens with one attached hydrogen (secondary N) is 1. The summed E-state index contributed by atoms with van der Waals surface area (Å²) in [6, 6.07) is 7.84. The van der Waals surface area contributed by atoms with E-state index >= 15 is 0 Å². The van der Waals surface area contributed by atoms with Crippen molar-refractivity contribution in [1.29, 1.82) is 0 Å². The Morgan fingerprint density at radius 2 is 1.92 bits per heavy atom. The highest BCUT2D eigenvalue weighted by Crippen LogP contribution is 2.12. The van der Waals surface area contributed by atoms with Gasteiger partial charge in [-0.15, -0.1) is 0 Å². The fraction of sp³-hybridized carbons (Fsp3) is 0.545. The molecule has 1 heterocycles. The highest BCUT2D eigenvalue weighted by Gasteiger charge is 2.08. The number of hydrogen-bond acceptors (Lipinski definition) is 3. The number of halogens is 1. The molecule has 0 aliphatic carbocycles. The Hall–Kier alpha value is -1.29. The van der Waals surface area contributed by atoms with Gasteiger partial charge in [-0.3, -0.25) is 10.3 Å². The second-order valence-electron chi connectivity index (χ2n) is 7.38. The normalized spacial score (nSPS) is 16.5. The zero-order chi connectivity index (χ0) is 18.6. The van der Waals surface area contributed by atoms with Gasteiger partial charge in [-0.1, -0.05) is 56.2 Å². The first kappa shape index (κ1) is 21.0. The average molecular weight is 377 g/mol. The Bertz CT molecular complexity index is 560. The van der Waals surface area contributed by atoms with Crippen LogP contribution in [-0.2, 0) is 4.84 Å². The first-order chi connectivity index (χ1) is 12.6. The van der Waals surface area contributed by atoms with Crippen LogP contribution in [0.15, 0.2) is 42.1 Å². The summed E-state index contributed by atoms with van der Waals surface area (Å²) in [5, 5.41) is 0.757. The Kier molecular flexibility index (Phi) is 9.83. The predicted molar refractivity (Wildman–Crippen MR) is 112 cm³/mol. The van der Waals surface area contributed by atoms with E-state index < -0.39 is 0 Å². The number of likely N-dealkylation sites (tertiary alicyclic amines) is 1. The summed E-state index contributed by atoms with van der Waals surface area (Å²) in [6.45, 7) is 8.79. The Morgan fingerprint density at radius 3 is 2.62 bits per heavy atom. The minimum Gasteiger partial charge on any atom is -0.303 e. The quantitative estimate of drug-likeness (QED) is 0.323. The molecule has 4 heteroatoms. The zero-order valence-corrected chi connectivity index (χ0v) is 17.0. The molecular formula is C22H33ClN2O. The summed E-state index contributed by atoms with van der Waals surface area (Å²) < 4.78 is 0. The smallest absolute Gasteiger partial charge is 0.0758 e. The lowest BCUT2D eigenvalue weighted by atomic mass is 10.1. The monoisotopic (exact) mass is 376 g/mol. The van der Waals surface area contributed by atoms with Gasteiger partial charge in [0.25, 0.3) is 0 Å². The summed E-state index contributed by atoms with van der Waals surface area (Å²) >= 11 is 5.94. The fourth-order valence-electron chi connectivity index (χ4n) is 2.94. The molecule has 1 aromatic carbocycles. The number of hydrogen-bond donors (Lipinski definition) is 1. The first-order valence-corrected chi connectivity index (χ1v) is 10.3. The molecule has 0 amide bonds. The van der Waals surface area contributed by atoms with Crippen LogP contribution in [-0.4, -0.2) is 31.1 Å². The second-order valence-corrected chi connectivity index (χ2v) is 7.82. The van der Waals surface area contributed by atoms with Crippen molar-refractivity contribution >= 4 is 17.7 Å². The van der Waals surface area contributed by atoms with Gasteiger partial charge in [0.05, 0.1) is 12.3 Å². The molecule has 144 valence electrons. The minimum atomic E-state index is 0.620. The highest BCUT2D eigenvalue weighted by atomic mass is 35.5. The molecule has 0 spiro atoms. The van der Waals surface area contributed by atoms with Gasteiger partial charge in [-0.2, -0.15) is 0 Å². The topological polar surface area (TPSA) is 24.5 Å². The molecule has 26 heavy (non-hydrogen) atoms. The summed E-state index contributed by atoms with van der Waals surface area (Å²) in [7, 11) is 0. The van der Waals surface area contributed by atoms with Gasteiger partial charge in [0, 0.05) is 11.6 Å². The van der Waals surface area contributed by atoms with E-state index in [0.29, 0.717) is 5.92 Å². The van der Waals surface area contributed by atoms with Crippen LogP contribution in [0.2, 0.25) is 5.02 Å². The van der Waals surface area contributed by atoms with Crippen LogP contribution in [0.4, 0.5) is 0 Å². The molecule has 1 saturated heterocycles. The van der Waals surface area contributed by atoms with Gasteiger partial charge in [-0.25, -0.2) is 0 Å². The van der Waals surface area contributed by atoms with Crippen LogP contribution in [0, 0.1) is 5.92 Å². The van der Waals surface area contributed by atoms with E-state index in [4.69, 9.17) is 16.4 Å². The van der Waals surface area contributed by atoms with Crippen molar-refractivity contribution in [3.05, 3.63) is 52.7 Å². The molecule has 0 saturated carbocycles. The van der Waals surface area contributed by atoms with Crippen LogP contribution in [0.1, 0.15) is 51.5 Å². The molecule has 2 rings (SSSR count). The van der Waals surface area contributed by atoms with Crippen molar-refractivity contribution in [1.82, 2.24) is 10.4 Å². The molecule has 0 bridgehead atoms. The lowest BCUT2D eigenvalue weighted by molar-refractivity contribution is 0.0561. The SMILES string of the molecule is CC(C)CC=C(C=Cc1ccc(Cl)cc1)NOCCCN1CCCCC1. The van der Waals surface area contributed by atoms with Gasteiger partial charge in [0.1, 0.15) is 0 Å². The molecule has 1 fully saturated rings. The van der Waals surface area contributed by atoms with Crippen LogP contribution >= 0.6 is 11.6 Å². The summed E-state index contributed by atoms with van der Waals surface area (Å²) in [5.41, 5.74) is 5.25. The van der Waals surface area contributed by atoms with Crippen LogP contribution in [0.5, 0.6) is 0 Å². The van der Waals surface area contributed by atoms with Crippen LogP contribution in [0.3, 0.4) is 0 Å². The van der Waals surface area contributed by atoms with E-state index in [0.717, 1.165) is 42.3 Å². The van der Waals surface area contributed by atoms with E-state index in [1.807, 2.05) is 24.3 Å². The van der Waals surface area contributed by atoms with Crippen LogP contribution in [0.25, 0.3) is 6.08 Å². The predicted octanol–water partition coefficient (Wildman–Crippen LogP) is 5.68. The van der Waals surface area contributed by atoms with Crippen molar-refractivity contribution in [3.8, 4) is 0 Å². The summed E-state index contributed by atoms with van der Waals surface area (Å²) in [4.78, 5) is 8.25. The molecule has 0 radical (unpaired) electrons. The third-order valence-corrected chi connectivity index (χ3v) is 4.75. The van der Waals surface area contributed by atoms with Crippen LogP contribution < -0.4 is 5.48 Å². The summed E-state index contributed by atoms with van der Waals surface area (Å²) in [6.07, 6.45) is 12.5. The molecule has 1 N–H and O–H groups in total. The maximum atomic E-state index is 5.94. The van der Waals surface area contributed by atoms with E-state index in [-0.39, 0.29) is 0 Å². The second kappa shape index (κ2) is 12.2. The third kappa shape index (κ3) is 8.88. The zero-order valence-electron chi connectivity index (χ0n) is 16.2. The first-order valence-electron chi connectivity index (χ1n) is 9.87. The molecule has 1 aliphatic rings. The molecular weight excluding hydrogens is 344 g/mol. The Morgan fingerprint density at radius 1 is 1.19 bits per heavy atom. The number of piperidine rings is 1. The van der Waals surface area contributed by atoms with Gasteiger partial charge >= 0.3 is 0 Å². The largest absolute Gasteiger partial charge is 0.303 e. The number of nitrogens with zero attached hydrogens (tertiary/aromatic N) is 1. The van der Waals surface area contributed by atoms with Gasteiger partial charge in [0.2, 0.25) is 0 Å². The van der Waals surface area contributed by atoms with Gasteiger partial charge in [-0.05, 0) is 68.5 Å². The maximum absolute atomic E-state index is 5.94. The van der Waals surface area contributed by atoms with Crippen molar-refractivity contribution in [3.63, 3.8) is 0 Å². The molecule has 0 atom stereocenters.